The van der Waals surface area contributed by atoms with Crippen molar-refractivity contribution in [3.8, 4) is 0 Å². The van der Waals surface area contributed by atoms with Crippen LogP contribution in [-0.4, -0.2) is 9.97 Å². The summed E-state index contributed by atoms with van der Waals surface area (Å²) in [5.41, 5.74) is 2.60. The van der Waals surface area contributed by atoms with Gasteiger partial charge in [-0.25, -0.2) is 4.98 Å². The van der Waals surface area contributed by atoms with Crippen molar-refractivity contribution < 1.29 is 4.42 Å². The number of hydrogen-bond acceptors (Lipinski definition) is 3. The van der Waals surface area contributed by atoms with Gasteiger partial charge in [0.25, 0.3) is 0 Å². The average molecular weight is 268 g/mol. The van der Waals surface area contributed by atoms with Crippen molar-refractivity contribution in [3.05, 3.63) is 35.8 Å². The third-order valence-corrected chi connectivity index (χ3v) is 3.48. The van der Waals surface area contributed by atoms with Gasteiger partial charge in [-0.3, -0.25) is 0 Å². The van der Waals surface area contributed by atoms with Gasteiger partial charge in [-0.05, 0) is 6.07 Å². The Kier molecular flexibility index (Phi) is 2.82. The first kappa shape index (κ1) is 13.1. The minimum Gasteiger partial charge on any atom is -0.438 e. The second-order valence-electron chi connectivity index (χ2n) is 6.61. The molecule has 0 unspecified atom stereocenters. The second kappa shape index (κ2) is 4.30. The predicted molar refractivity (Wildman–Crippen MR) is 82.1 cm³/mol. The molecule has 0 amide bonds. The summed E-state index contributed by atoms with van der Waals surface area (Å²) in [7, 11) is 0. The third-order valence-electron chi connectivity index (χ3n) is 3.48. The molecule has 0 N–H and O–H groups in total. The van der Waals surface area contributed by atoms with Crippen LogP contribution < -0.4 is 0 Å². The van der Waals surface area contributed by atoms with E-state index in [1.54, 1.807) is 0 Å². The van der Waals surface area contributed by atoms with Crippen LogP contribution >= 0.6 is 0 Å². The fraction of sp³-hybridized carbons (Fsp3) is 0.412. The van der Waals surface area contributed by atoms with E-state index in [-0.39, 0.29) is 11.3 Å². The molecular formula is C17H20N2O. The fourth-order valence-corrected chi connectivity index (χ4v) is 2.44. The van der Waals surface area contributed by atoms with Crippen LogP contribution in [0.15, 0.2) is 28.7 Å². The van der Waals surface area contributed by atoms with Crippen LogP contribution in [0, 0.1) is 0 Å². The first-order chi connectivity index (χ1) is 9.38. The third kappa shape index (κ3) is 1.98. The first-order valence-electron chi connectivity index (χ1n) is 7.07. The van der Waals surface area contributed by atoms with Crippen LogP contribution in [0.1, 0.15) is 52.1 Å². The maximum Gasteiger partial charge on any atom is 0.230 e. The molecule has 3 nitrogen and oxygen atoms in total. The second-order valence-corrected chi connectivity index (χ2v) is 6.61. The summed E-state index contributed by atoms with van der Waals surface area (Å²) in [6.07, 6.45) is 0. The number of furan rings is 1. The Bertz CT molecular complexity index is 779. The standard InChI is InChI=1S/C17H20N2O/c1-10(2)15-18-14(17(3,4)5)13-11-8-6-7-9-12(11)20-16(13)19-15/h6-10H,1-5H3. The highest BCUT2D eigenvalue weighted by Gasteiger charge is 2.24. The van der Waals surface area contributed by atoms with E-state index < -0.39 is 0 Å². The van der Waals surface area contributed by atoms with Crippen LogP contribution in [0.2, 0.25) is 0 Å². The van der Waals surface area contributed by atoms with E-state index in [0.29, 0.717) is 5.71 Å². The van der Waals surface area contributed by atoms with Gasteiger partial charge < -0.3 is 4.42 Å². The van der Waals surface area contributed by atoms with Crippen molar-refractivity contribution in [2.75, 3.05) is 0 Å². The predicted octanol–water partition coefficient (Wildman–Crippen LogP) is 4.80. The average Bonchev–Trinajstić information content (AvgIpc) is 2.74. The largest absolute Gasteiger partial charge is 0.438 e. The van der Waals surface area contributed by atoms with Crippen LogP contribution in [0.4, 0.5) is 0 Å². The van der Waals surface area contributed by atoms with E-state index in [9.17, 15) is 0 Å². The molecule has 0 radical (unpaired) electrons. The highest BCUT2D eigenvalue weighted by Crippen LogP contribution is 2.35. The molecule has 0 saturated carbocycles. The number of para-hydroxylation sites is 1. The summed E-state index contributed by atoms with van der Waals surface area (Å²) in [4.78, 5) is 9.43. The molecule has 20 heavy (non-hydrogen) atoms. The number of rotatable bonds is 1. The van der Waals surface area contributed by atoms with Gasteiger partial charge in [0, 0.05) is 16.7 Å². The smallest absolute Gasteiger partial charge is 0.230 e. The summed E-state index contributed by atoms with van der Waals surface area (Å²) in [6.45, 7) is 10.8. The Hall–Kier alpha value is -1.90. The Labute approximate surface area is 119 Å². The molecule has 3 rings (SSSR count). The number of aromatic nitrogens is 2. The number of benzene rings is 1. The zero-order valence-corrected chi connectivity index (χ0v) is 12.7. The van der Waals surface area contributed by atoms with Crippen molar-refractivity contribution in [2.45, 2.75) is 46.0 Å². The Balaban J connectivity index is 2.48. The molecule has 3 aromatic rings. The quantitative estimate of drug-likeness (QED) is 0.636. The molecule has 0 bridgehead atoms. The van der Waals surface area contributed by atoms with Gasteiger partial charge >= 0.3 is 0 Å². The fourth-order valence-electron chi connectivity index (χ4n) is 2.44. The van der Waals surface area contributed by atoms with Gasteiger partial charge in [0.1, 0.15) is 11.4 Å². The lowest BCUT2D eigenvalue weighted by atomic mass is 9.89. The molecule has 1 aromatic carbocycles. The van der Waals surface area contributed by atoms with Crippen LogP contribution in [0.5, 0.6) is 0 Å². The minimum atomic E-state index is -0.0442. The maximum atomic E-state index is 5.93. The highest BCUT2D eigenvalue weighted by atomic mass is 16.3. The van der Waals surface area contributed by atoms with E-state index in [1.807, 2.05) is 18.2 Å². The van der Waals surface area contributed by atoms with Gasteiger partial charge in [0.2, 0.25) is 5.71 Å². The summed E-state index contributed by atoms with van der Waals surface area (Å²) in [6, 6.07) is 8.08. The van der Waals surface area contributed by atoms with Crippen LogP contribution in [0.3, 0.4) is 0 Å². The summed E-state index contributed by atoms with van der Waals surface area (Å²) < 4.78 is 5.93. The van der Waals surface area contributed by atoms with E-state index in [1.165, 1.54) is 0 Å². The zero-order valence-electron chi connectivity index (χ0n) is 12.7. The van der Waals surface area contributed by atoms with Crippen LogP contribution in [0.25, 0.3) is 22.1 Å². The van der Waals surface area contributed by atoms with Gasteiger partial charge in [-0.2, -0.15) is 4.98 Å². The Morgan fingerprint density at radius 3 is 2.40 bits per heavy atom. The highest BCUT2D eigenvalue weighted by molar-refractivity contribution is 6.05. The number of fused-ring (bicyclic) bond motifs is 3. The monoisotopic (exact) mass is 268 g/mol. The van der Waals surface area contributed by atoms with Crippen molar-refractivity contribution in [3.63, 3.8) is 0 Å². The van der Waals surface area contributed by atoms with E-state index >= 15 is 0 Å². The van der Waals surface area contributed by atoms with E-state index in [2.05, 4.69) is 45.7 Å². The van der Waals surface area contributed by atoms with Gasteiger partial charge in [-0.1, -0.05) is 52.8 Å². The van der Waals surface area contributed by atoms with E-state index in [0.717, 1.165) is 27.9 Å². The molecule has 104 valence electrons. The summed E-state index contributed by atoms with van der Waals surface area (Å²) in [5, 5.41) is 2.15. The molecule has 2 aromatic heterocycles. The summed E-state index contributed by atoms with van der Waals surface area (Å²) >= 11 is 0. The topological polar surface area (TPSA) is 38.9 Å². The molecule has 0 aliphatic rings. The Morgan fingerprint density at radius 2 is 1.75 bits per heavy atom. The van der Waals surface area contributed by atoms with Crippen molar-refractivity contribution >= 4 is 22.1 Å². The SMILES string of the molecule is CC(C)c1nc(C(C)(C)C)c2c(n1)oc1ccccc12. The number of nitrogens with zero attached hydrogens (tertiary/aromatic N) is 2. The van der Waals surface area contributed by atoms with Gasteiger partial charge in [-0.15, -0.1) is 0 Å². The molecule has 0 aliphatic carbocycles. The molecular weight excluding hydrogens is 248 g/mol. The van der Waals surface area contributed by atoms with E-state index in [4.69, 9.17) is 9.40 Å². The normalized spacial score (nSPS) is 12.7. The molecule has 0 atom stereocenters. The maximum absolute atomic E-state index is 5.93. The lowest BCUT2D eigenvalue weighted by Crippen LogP contribution is -2.16. The van der Waals surface area contributed by atoms with Gasteiger partial charge in [0.15, 0.2) is 0 Å². The molecule has 0 spiro atoms. The zero-order chi connectivity index (χ0) is 14.5. The summed E-state index contributed by atoms with van der Waals surface area (Å²) in [5.74, 6) is 1.13. The minimum absolute atomic E-state index is 0.0442. The van der Waals surface area contributed by atoms with Crippen molar-refractivity contribution in [1.82, 2.24) is 9.97 Å². The molecule has 3 heteroatoms. The lowest BCUT2D eigenvalue weighted by Gasteiger charge is -2.20. The molecule has 0 saturated heterocycles. The molecule has 2 heterocycles. The molecule has 0 fully saturated rings. The molecule has 0 aliphatic heterocycles. The van der Waals surface area contributed by atoms with Crippen molar-refractivity contribution in [1.29, 1.82) is 0 Å². The number of hydrogen-bond donors (Lipinski definition) is 0. The van der Waals surface area contributed by atoms with Gasteiger partial charge in [0.05, 0.1) is 11.1 Å². The van der Waals surface area contributed by atoms with Crippen LogP contribution in [-0.2, 0) is 5.41 Å². The lowest BCUT2D eigenvalue weighted by molar-refractivity contribution is 0.561. The van der Waals surface area contributed by atoms with Crippen molar-refractivity contribution in [2.24, 2.45) is 0 Å². The first-order valence-corrected chi connectivity index (χ1v) is 7.07. The Morgan fingerprint density at radius 1 is 1.05 bits per heavy atom.